The summed E-state index contributed by atoms with van der Waals surface area (Å²) in [6.07, 6.45) is 0.00375. The molecule has 1 aromatic rings. The maximum absolute atomic E-state index is 11.0. The fourth-order valence-corrected chi connectivity index (χ4v) is 2.98. The molecule has 1 aliphatic heterocycles. The van der Waals surface area contributed by atoms with E-state index < -0.39 is 5.97 Å². The van der Waals surface area contributed by atoms with Crippen LogP contribution in [0.4, 0.5) is 0 Å². The SMILES string of the molecule is CC(C)CN1CCOC(COc2ccsc2C(=O)O)C1. The molecule has 112 valence electrons. The van der Waals surface area contributed by atoms with Crippen LogP contribution in [-0.2, 0) is 4.74 Å². The zero-order valence-electron chi connectivity index (χ0n) is 11.9. The van der Waals surface area contributed by atoms with Gasteiger partial charge in [0.05, 0.1) is 6.61 Å². The summed E-state index contributed by atoms with van der Waals surface area (Å²) >= 11 is 1.18. The Bertz CT molecular complexity index is 446. The van der Waals surface area contributed by atoms with Gasteiger partial charge < -0.3 is 14.6 Å². The first kappa shape index (κ1) is 15.3. The average Bonchev–Trinajstić information content (AvgIpc) is 2.84. The highest BCUT2D eigenvalue weighted by Crippen LogP contribution is 2.25. The molecule has 0 saturated carbocycles. The van der Waals surface area contributed by atoms with E-state index in [9.17, 15) is 4.79 Å². The van der Waals surface area contributed by atoms with Crippen molar-refractivity contribution in [3.05, 3.63) is 16.3 Å². The van der Waals surface area contributed by atoms with Gasteiger partial charge in [0.25, 0.3) is 0 Å². The summed E-state index contributed by atoms with van der Waals surface area (Å²) in [7, 11) is 0. The van der Waals surface area contributed by atoms with Gasteiger partial charge in [0.15, 0.2) is 4.88 Å². The lowest BCUT2D eigenvalue weighted by Gasteiger charge is -2.33. The van der Waals surface area contributed by atoms with E-state index in [1.807, 2.05) is 0 Å². The molecule has 2 rings (SSSR count). The maximum atomic E-state index is 11.0. The normalized spacial score (nSPS) is 20.2. The van der Waals surface area contributed by atoms with Gasteiger partial charge in [-0.25, -0.2) is 4.79 Å². The monoisotopic (exact) mass is 299 g/mol. The van der Waals surface area contributed by atoms with E-state index in [1.54, 1.807) is 11.4 Å². The van der Waals surface area contributed by atoms with Crippen LogP contribution >= 0.6 is 11.3 Å². The molecule has 2 heterocycles. The molecule has 1 atom stereocenters. The number of nitrogens with zero attached hydrogens (tertiary/aromatic N) is 1. The number of morpholine rings is 1. The zero-order chi connectivity index (χ0) is 14.5. The first-order chi connectivity index (χ1) is 9.56. The Kier molecular flexibility index (Phi) is 5.39. The third-order valence-corrected chi connectivity index (χ3v) is 3.98. The quantitative estimate of drug-likeness (QED) is 0.872. The number of carbonyl (C=O) groups is 1. The first-order valence-corrected chi connectivity index (χ1v) is 7.71. The van der Waals surface area contributed by atoms with Crippen molar-refractivity contribution in [2.24, 2.45) is 5.92 Å². The second kappa shape index (κ2) is 7.06. The number of thiophene rings is 1. The summed E-state index contributed by atoms with van der Waals surface area (Å²) in [5.74, 6) is 0.123. The van der Waals surface area contributed by atoms with Crippen LogP contribution in [0.25, 0.3) is 0 Å². The Balaban J connectivity index is 1.84. The van der Waals surface area contributed by atoms with E-state index in [4.69, 9.17) is 14.6 Å². The minimum atomic E-state index is -0.944. The molecular formula is C14H21NO4S. The molecule has 1 saturated heterocycles. The number of aromatic carboxylic acids is 1. The molecule has 0 bridgehead atoms. The lowest BCUT2D eigenvalue weighted by molar-refractivity contribution is -0.0505. The van der Waals surface area contributed by atoms with Gasteiger partial charge in [0, 0.05) is 19.6 Å². The van der Waals surface area contributed by atoms with Crippen LogP contribution in [0.1, 0.15) is 23.5 Å². The summed E-state index contributed by atoms with van der Waals surface area (Å²) in [6.45, 7) is 8.34. The minimum absolute atomic E-state index is 0.00375. The summed E-state index contributed by atoms with van der Waals surface area (Å²) in [5.41, 5.74) is 0. The van der Waals surface area contributed by atoms with Crippen LogP contribution < -0.4 is 4.74 Å². The summed E-state index contributed by atoms with van der Waals surface area (Å²) < 4.78 is 11.3. The number of ether oxygens (including phenoxy) is 2. The molecular weight excluding hydrogens is 278 g/mol. The molecule has 5 nitrogen and oxygen atoms in total. The van der Waals surface area contributed by atoms with Gasteiger partial charge in [-0.1, -0.05) is 13.8 Å². The van der Waals surface area contributed by atoms with E-state index in [2.05, 4.69) is 18.7 Å². The lowest BCUT2D eigenvalue weighted by atomic mass is 10.2. The predicted molar refractivity (Wildman–Crippen MR) is 77.8 cm³/mol. The molecule has 0 spiro atoms. The fraction of sp³-hybridized carbons (Fsp3) is 0.643. The Morgan fingerprint density at radius 2 is 2.45 bits per heavy atom. The van der Waals surface area contributed by atoms with Crippen molar-refractivity contribution in [3.8, 4) is 5.75 Å². The molecule has 0 radical (unpaired) electrons. The first-order valence-electron chi connectivity index (χ1n) is 6.83. The Morgan fingerprint density at radius 1 is 1.65 bits per heavy atom. The van der Waals surface area contributed by atoms with Gasteiger partial charge in [-0.2, -0.15) is 0 Å². The van der Waals surface area contributed by atoms with Crippen molar-refractivity contribution >= 4 is 17.3 Å². The van der Waals surface area contributed by atoms with Crippen molar-refractivity contribution in [1.29, 1.82) is 0 Å². The summed E-state index contributed by atoms with van der Waals surface area (Å²) in [5, 5.41) is 10.8. The summed E-state index contributed by atoms with van der Waals surface area (Å²) in [6, 6.07) is 1.70. The molecule has 0 aliphatic carbocycles. The highest BCUT2D eigenvalue weighted by Gasteiger charge is 2.22. The Morgan fingerprint density at radius 3 is 3.15 bits per heavy atom. The molecule has 1 N–H and O–H groups in total. The second-order valence-corrected chi connectivity index (χ2v) is 6.29. The number of hydrogen-bond acceptors (Lipinski definition) is 5. The number of hydrogen-bond donors (Lipinski definition) is 1. The third kappa shape index (κ3) is 4.19. The van der Waals surface area contributed by atoms with E-state index in [0.717, 1.165) is 19.6 Å². The van der Waals surface area contributed by atoms with E-state index in [0.29, 0.717) is 24.9 Å². The predicted octanol–water partition coefficient (Wildman–Crippen LogP) is 2.18. The van der Waals surface area contributed by atoms with Gasteiger partial charge in [0.2, 0.25) is 0 Å². The number of carboxylic acid groups (broad SMARTS) is 1. The van der Waals surface area contributed by atoms with E-state index >= 15 is 0 Å². The zero-order valence-corrected chi connectivity index (χ0v) is 12.7. The van der Waals surface area contributed by atoms with Crippen molar-refractivity contribution < 1.29 is 19.4 Å². The Hall–Kier alpha value is -1.11. The van der Waals surface area contributed by atoms with Gasteiger partial charge in [0.1, 0.15) is 18.5 Å². The Labute approximate surface area is 123 Å². The van der Waals surface area contributed by atoms with Crippen molar-refractivity contribution in [2.45, 2.75) is 20.0 Å². The van der Waals surface area contributed by atoms with Crippen LogP contribution in [0.15, 0.2) is 11.4 Å². The van der Waals surface area contributed by atoms with Crippen LogP contribution in [0, 0.1) is 5.92 Å². The summed E-state index contributed by atoms with van der Waals surface area (Å²) in [4.78, 5) is 13.6. The van der Waals surface area contributed by atoms with Crippen LogP contribution in [0.2, 0.25) is 0 Å². The van der Waals surface area contributed by atoms with Crippen LogP contribution in [-0.4, -0.2) is 54.9 Å². The molecule has 20 heavy (non-hydrogen) atoms. The van der Waals surface area contributed by atoms with Gasteiger partial charge >= 0.3 is 5.97 Å². The standard InChI is InChI=1S/C14H21NO4S/c1-10(2)7-15-4-5-18-11(8-15)9-19-12-3-6-20-13(12)14(16)17/h3,6,10-11H,4-5,7-9H2,1-2H3,(H,16,17). The molecule has 1 aromatic heterocycles. The maximum Gasteiger partial charge on any atom is 0.349 e. The average molecular weight is 299 g/mol. The van der Waals surface area contributed by atoms with Crippen molar-refractivity contribution in [3.63, 3.8) is 0 Å². The molecule has 1 unspecified atom stereocenters. The lowest BCUT2D eigenvalue weighted by Crippen LogP contribution is -2.46. The number of rotatable bonds is 6. The largest absolute Gasteiger partial charge is 0.489 e. The highest BCUT2D eigenvalue weighted by molar-refractivity contribution is 7.12. The van der Waals surface area contributed by atoms with Crippen LogP contribution in [0.3, 0.4) is 0 Å². The van der Waals surface area contributed by atoms with E-state index in [1.165, 1.54) is 11.3 Å². The third-order valence-electron chi connectivity index (χ3n) is 3.09. The molecule has 1 aliphatic rings. The van der Waals surface area contributed by atoms with E-state index in [-0.39, 0.29) is 11.0 Å². The van der Waals surface area contributed by atoms with Gasteiger partial charge in [-0.05, 0) is 17.4 Å². The minimum Gasteiger partial charge on any atom is -0.489 e. The fourth-order valence-electron chi connectivity index (χ4n) is 2.31. The molecule has 0 aromatic carbocycles. The highest BCUT2D eigenvalue weighted by atomic mass is 32.1. The van der Waals surface area contributed by atoms with Gasteiger partial charge in [-0.15, -0.1) is 11.3 Å². The number of carboxylic acids is 1. The van der Waals surface area contributed by atoms with Crippen molar-refractivity contribution in [2.75, 3.05) is 32.8 Å². The molecule has 0 amide bonds. The smallest absolute Gasteiger partial charge is 0.349 e. The van der Waals surface area contributed by atoms with Gasteiger partial charge in [-0.3, -0.25) is 4.90 Å². The molecule has 6 heteroatoms. The second-order valence-electron chi connectivity index (χ2n) is 5.38. The van der Waals surface area contributed by atoms with Crippen LogP contribution in [0.5, 0.6) is 5.75 Å². The topological polar surface area (TPSA) is 59.0 Å². The van der Waals surface area contributed by atoms with Crippen molar-refractivity contribution in [1.82, 2.24) is 4.90 Å². The molecule has 1 fully saturated rings.